The lowest BCUT2D eigenvalue weighted by Gasteiger charge is -2.30. The summed E-state index contributed by atoms with van der Waals surface area (Å²) in [6.07, 6.45) is 3.10. The van der Waals surface area contributed by atoms with Crippen molar-refractivity contribution in [1.82, 2.24) is 0 Å². The van der Waals surface area contributed by atoms with Gasteiger partial charge in [0.2, 0.25) is 0 Å². The fraction of sp³-hybridized carbons (Fsp3) is 0.406. The van der Waals surface area contributed by atoms with Crippen LogP contribution in [0.5, 0.6) is 11.5 Å². The molecular weight excluding hydrogens is 505 g/mol. The largest absolute Gasteiger partial charge is 0.497 e. The van der Waals surface area contributed by atoms with Crippen LogP contribution in [0, 0.1) is 22.9 Å². The third kappa shape index (κ3) is 6.23. The van der Waals surface area contributed by atoms with Crippen LogP contribution in [0.4, 0.5) is 13.2 Å². The molecule has 0 spiro atoms. The zero-order valence-electron chi connectivity index (χ0n) is 22.8. The van der Waals surface area contributed by atoms with Gasteiger partial charge in [0.1, 0.15) is 24.0 Å². The maximum absolute atomic E-state index is 15.3. The Morgan fingerprint density at radius 3 is 2.49 bits per heavy atom. The maximum Gasteiger partial charge on any atom is 0.303 e. The van der Waals surface area contributed by atoms with Gasteiger partial charge in [-0.25, -0.2) is 13.2 Å². The first-order valence-corrected chi connectivity index (χ1v) is 13.3. The molecule has 0 unspecified atom stereocenters. The highest BCUT2D eigenvalue weighted by Crippen LogP contribution is 2.51. The van der Waals surface area contributed by atoms with E-state index in [1.807, 2.05) is 12.1 Å². The van der Waals surface area contributed by atoms with Crippen LogP contribution in [0.2, 0.25) is 0 Å². The maximum atomic E-state index is 15.3. The predicted molar refractivity (Wildman–Crippen MR) is 145 cm³/mol. The smallest absolute Gasteiger partial charge is 0.303 e. The van der Waals surface area contributed by atoms with Crippen LogP contribution < -0.4 is 9.47 Å². The molecule has 7 heteroatoms. The van der Waals surface area contributed by atoms with Gasteiger partial charge in [-0.15, -0.1) is 0 Å². The standard InChI is InChI=1S/C32H35F3O4/c1-5-20(14-30(36)37)24-15-21(33)16-29(31(24)35)39-18-19-8-10-23(26-17-22(38-4)9-11-28(26)34)25(13-19)27-7-6-12-32(27,2)3/h8-11,13,15-17,20,27H,5-7,12,14,18H2,1-4H3,(H,36,37)/t20-,27-/m0/s1. The number of benzene rings is 3. The summed E-state index contributed by atoms with van der Waals surface area (Å²) in [5.41, 5.74) is 2.94. The highest BCUT2D eigenvalue weighted by molar-refractivity contribution is 5.71. The lowest BCUT2D eigenvalue weighted by atomic mass is 9.75. The molecule has 0 radical (unpaired) electrons. The summed E-state index contributed by atoms with van der Waals surface area (Å²) in [6, 6.07) is 12.3. The summed E-state index contributed by atoms with van der Waals surface area (Å²) < 4.78 is 55.9. The number of hydrogen-bond donors (Lipinski definition) is 1. The van der Waals surface area contributed by atoms with Crippen molar-refractivity contribution in [3.05, 3.63) is 82.7 Å². The molecule has 1 fully saturated rings. The number of ether oxygens (including phenoxy) is 2. The minimum atomic E-state index is -1.08. The van der Waals surface area contributed by atoms with Gasteiger partial charge in [0.15, 0.2) is 11.6 Å². The lowest BCUT2D eigenvalue weighted by molar-refractivity contribution is -0.137. The van der Waals surface area contributed by atoms with E-state index < -0.39 is 23.5 Å². The highest BCUT2D eigenvalue weighted by Gasteiger charge is 2.37. The van der Waals surface area contributed by atoms with Crippen molar-refractivity contribution in [2.75, 3.05) is 7.11 Å². The molecule has 1 aliphatic carbocycles. The molecule has 3 aromatic carbocycles. The number of methoxy groups -OCH3 is 1. The second-order valence-corrected chi connectivity index (χ2v) is 11.0. The zero-order chi connectivity index (χ0) is 28.3. The number of carboxylic acids is 1. The molecule has 1 N–H and O–H groups in total. The Labute approximate surface area is 227 Å². The molecule has 3 aromatic rings. The molecule has 0 saturated heterocycles. The first-order chi connectivity index (χ1) is 18.5. The van der Waals surface area contributed by atoms with Crippen molar-refractivity contribution in [1.29, 1.82) is 0 Å². The van der Waals surface area contributed by atoms with Gasteiger partial charge in [0.05, 0.1) is 13.5 Å². The van der Waals surface area contributed by atoms with Crippen molar-refractivity contribution < 1.29 is 32.5 Å². The number of rotatable bonds is 10. The van der Waals surface area contributed by atoms with Crippen LogP contribution in [-0.2, 0) is 11.4 Å². The lowest BCUT2D eigenvalue weighted by Crippen LogP contribution is -2.17. The van der Waals surface area contributed by atoms with Gasteiger partial charge in [-0.05, 0) is 83.0 Å². The number of halogens is 3. The summed E-state index contributed by atoms with van der Waals surface area (Å²) in [4.78, 5) is 11.2. The fourth-order valence-electron chi connectivity index (χ4n) is 5.81. The van der Waals surface area contributed by atoms with Crippen LogP contribution in [0.15, 0.2) is 48.5 Å². The van der Waals surface area contributed by atoms with Crippen molar-refractivity contribution in [2.24, 2.45) is 5.41 Å². The van der Waals surface area contributed by atoms with Crippen molar-refractivity contribution in [3.8, 4) is 22.6 Å². The minimum absolute atomic E-state index is 0.00640. The van der Waals surface area contributed by atoms with Gasteiger partial charge in [0.25, 0.3) is 0 Å². The third-order valence-corrected chi connectivity index (χ3v) is 7.99. The van der Waals surface area contributed by atoms with E-state index in [1.54, 1.807) is 32.2 Å². The molecular formula is C32H35F3O4. The second-order valence-electron chi connectivity index (χ2n) is 11.0. The Balaban J connectivity index is 1.70. The third-order valence-electron chi connectivity index (χ3n) is 7.99. The molecule has 4 rings (SSSR count). The average molecular weight is 541 g/mol. The summed E-state index contributed by atoms with van der Waals surface area (Å²) in [6.45, 7) is 6.13. The van der Waals surface area contributed by atoms with Crippen LogP contribution in [-0.4, -0.2) is 18.2 Å². The van der Waals surface area contributed by atoms with E-state index in [-0.39, 0.29) is 41.5 Å². The van der Waals surface area contributed by atoms with E-state index >= 15 is 8.78 Å². The topological polar surface area (TPSA) is 55.8 Å². The van der Waals surface area contributed by atoms with Crippen LogP contribution >= 0.6 is 0 Å². The Hall–Kier alpha value is -3.48. The molecule has 2 atom stereocenters. The van der Waals surface area contributed by atoms with Crippen LogP contribution in [0.3, 0.4) is 0 Å². The first-order valence-electron chi connectivity index (χ1n) is 13.3. The molecule has 1 saturated carbocycles. The highest BCUT2D eigenvalue weighted by atomic mass is 19.1. The van der Waals surface area contributed by atoms with Crippen molar-refractivity contribution in [2.45, 2.75) is 71.3 Å². The molecule has 208 valence electrons. The quantitative estimate of drug-likeness (QED) is 0.280. The molecule has 0 amide bonds. The van der Waals surface area contributed by atoms with E-state index in [0.717, 1.165) is 48.1 Å². The van der Waals surface area contributed by atoms with E-state index in [4.69, 9.17) is 9.47 Å². The van der Waals surface area contributed by atoms with Gasteiger partial charge in [-0.1, -0.05) is 45.4 Å². The normalized spacial score (nSPS) is 17.2. The SMILES string of the molecule is CC[C@@H](CC(=O)O)c1cc(F)cc(OCc2ccc(-c3cc(OC)ccc3F)c([C@@H]3CCCC3(C)C)c2)c1F. The fourth-order valence-corrected chi connectivity index (χ4v) is 5.81. The van der Waals surface area contributed by atoms with Gasteiger partial charge in [-0.2, -0.15) is 0 Å². The Morgan fingerprint density at radius 1 is 1.08 bits per heavy atom. The number of carbonyl (C=O) groups is 1. The summed E-state index contributed by atoms with van der Waals surface area (Å²) in [7, 11) is 1.54. The van der Waals surface area contributed by atoms with Crippen LogP contribution in [0.25, 0.3) is 11.1 Å². The number of aliphatic carboxylic acids is 1. The molecule has 0 heterocycles. The average Bonchev–Trinajstić information content (AvgIpc) is 3.26. The summed E-state index contributed by atoms with van der Waals surface area (Å²) in [5, 5.41) is 9.18. The number of carboxylic acid groups (broad SMARTS) is 1. The van der Waals surface area contributed by atoms with Gasteiger partial charge in [-0.3, -0.25) is 4.79 Å². The number of hydrogen-bond acceptors (Lipinski definition) is 3. The predicted octanol–water partition coefficient (Wildman–Crippen LogP) is 8.62. The van der Waals surface area contributed by atoms with E-state index in [2.05, 4.69) is 13.8 Å². The molecule has 0 bridgehead atoms. The molecule has 4 nitrogen and oxygen atoms in total. The van der Waals surface area contributed by atoms with E-state index in [1.165, 1.54) is 6.07 Å². The first kappa shape index (κ1) is 28.5. The molecule has 0 aromatic heterocycles. The minimum Gasteiger partial charge on any atom is -0.497 e. The Morgan fingerprint density at radius 2 is 1.85 bits per heavy atom. The van der Waals surface area contributed by atoms with Crippen molar-refractivity contribution >= 4 is 5.97 Å². The van der Waals surface area contributed by atoms with Gasteiger partial charge < -0.3 is 14.6 Å². The van der Waals surface area contributed by atoms with Gasteiger partial charge in [0, 0.05) is 11.6 Å². The van der Waals surface area contributed by atoms with Crippen LogP contribution in [0.1, 0.15) is 81.4 Å². The molecule has 39 heavy (non-hydrogen) atoms. The Kier molecular flexibility index (Phi) is 8.57. The van der Waals surface area contributed by atoms with E-state index in [0.29, 0.717) is 17.7 Å². The summed E-state index contributed by atoms with van der Waals surface area (Å²) >= 11 is 0. The monoisotopic (exact) mass is 540 g/mol. The summed E-state index contributed by atoms with van der Waals surface area (Å²) in [5.74, 6) is -3.08. The van der Waals surface area contributed by atoms with Crippen molar-refractivity contribution in [3.63, 3.8) is 0 Å². The second kappa shape index (κ2) is 11.7. The zero-order valence-corrected chi connectivity index (χ0v) is 22.8. The van der Waals surface area contributed by atoms with E-state index in [9.17, 15) is 14.3 Å². The molecule has 0 aliphatic heterocycles. The molecule has 1 aliphatic rings. The Bertz CT molecular complexity index is 1350. The van der Waals surface area contributed by atoms with Gasteiger partial charge >= 0.3 is 5.97 Å².